The lowest BCUT2D eigenvalue weighted by Gasteiger charge is -2.06. The smallest absolute Gasteiger partial charge is 0.225 e. The second-order valence-electron chi connectivity index (χ2n) is 4.08. The van der Waals surface area contributed by atoms with E-state index in [1.807, 2.05) is 24.3 Å². The van der Waals surface area contributed by atoms with E-state index < -0.39 is 5.82 Å². The number of hydrogen-bond acceptors (Lipinski definition) is 2. The number of para-hydroxylation sites is 1. The van der Waals surface area contributed by atoms with Crippen LogP contribution < -0.4 is 5.32 Å². The molecule has 5 heteroatoms. The van der Waals surface area contributed by atoms with Crippen LogP contribution in [0.25, 0.3) is 0 Å². The molecule has 0 bridgehead atoms. The lowest BCUT2D eigenvalue weighted by Crippen LogP contribution is -2.13. The van der Waals surface area contributed by atoms with Gasteiger partial charge in [-0.2, -0.15) is 0 Å². The molecule has 104 valence electrons. The van der Waals surface area contributed by atoms with Gasteiger partial charge in [0.15, 0.2) is 0 Å². The van der Waals surface area contributed by atoms with E-state index in [2.05, 4.69) is 5.32 Å². The number of carbonyl (C=O) groups is 1. The van der Waals surface area contributed by atoms with Crippen LogP contribution in [-0.2, 0) is 4.79 Å². The number of halogens is 2. The molecule has 0 unspecified atom stereocenters. The van der Waals surface area contributed by atoms with Gasteiger partial charge in [0.05, 0.1) is 5.69 Å². The molecule has 2 aromatic carbocycles. The predicted octanol–water partition coefficient (Wildman–Crippen LogP) is 4.60. The van der Waals surface area contributed by atoms with Gasteiger partial charge in [0.25, 0.3) is 0 Å². The highest BCUT2D eigenvalue weighted by molar-refractivity contribution is 7.99. The highest BCUT2D eigenvalue weighted by Crippen LogP contribution is 2.21. The molecule has 0 aliphatic rings. The van der Waals surface area contributed by atoms with Gasteiger partial charge < -0.3 is 5.32 Å². The van der Waals surface area contributed by atoms with Gasteiger partial charge >= 0.3 is 0 Å². The zero-order chi connectivity index (χ0) is 14.4. The number of nitrogens with one attached hydrogen (secondary N) is 1. The molecular formula is C15H13ClFNOS. The van der Waals surface area contributed by atoms with Crippen molar-refractivity contribution in [3.05, 3.63) is 59.4 Å². The maximum absolute atomic E-state index is 13.3. The summed E-state index contributed by atoms with van der Waals surface area (Å²) in [6, 6.07) is 13.6. The molecule has 0 radical (unpaired) electrons. The Bertz CT molecular complexity index is 589. The SMILES string of the molecule is O=C(CCSc1ccc(Cl)cc1)Nc1ccccc1F. The topological polar surface area (TPSA) is 29.1 Å². The van der Waals surface area contributed by atoms with Gasteiger partial charge in [0, 0.05) is 22.1 Å². The van der Waals surface area contributed by atoms with Crippen molar-refractivity contribution in [1.82, 2.24) is 0 Å². The first-order valence-electron chi connectivity index (χ1n) is 6.08. The van der Waals surface area contributed by atoms with E-state index >= 15 is 0 Å². The zero-order valence-corrected chi connectivity index (χ0v) is 12.2. The molecule has 0 spiro atoms. The number of benzene rings is 2. The van der Waals surface area contributed by atoms with Crippen LogP contribution in [0.15, 0.2) is 53.4 Å². The molecule has 20 heavy (non-hydrogen) atoms. The second-order valence-corrected chi connectivity index (χ2v) is 5.69. The molecule has 2 aromatic rings. The number of rotatable bonds is 5. The third-order valence-electron chi connectivity index (χ3n) is 2.56. The molecule has 0 aromatic heterocycles. The van der Waals surface area contributed by atoms with Crippen molar-refractivity contribution in [3.63, 3.8) is 0 Å². The van der Waals surface area contributed by atoms with Crippen molar-refractivity contribution in [2.45, 2.75) is 11.3 Å². The molecular weight excluding hydrogens is 297 g/mol. The standard InChI is InChI=1S/C15H13ClFNOS/c16-11-5-7-12(8-6-11)20-10-9-15(19)18-14-4-2-1-3-13(14)17/h1-8H,9-10H2,(H,18,19). The Kier molecular flexibility index (Phi) is 5.44. The Morgan fingerprint density at radius 3 is 2.55 bits per heavy atom. The Morgan fingerprint density at radius 2 is 1.85 bits per heavy atom. The summed E-state index contributed by atoms with van der Waals surface area (Å²) in [4.78, 5) is 12.7. The summed E-state index contributed by atoms with van der Waals surface area (Å²) in [7, 11) is 0. The number of thioether (sulfide) groups is 1. The molecule has 0 aliphatic carbocycles. The van der Waals surface area contributed by atoms with Crippen LogP contribution in [-0.4, -0.2) is 11.7 Å². The average Bonchev–Trinajstić information content (AvgIpc) is 2.44. The third kappa shape index (κ3) is 4.54. The quantitative estimate of drug-likeness (QED) is 0.818. The van der Waals surface area contributed by atoms with Gasteiger partial charge in [-0.1, -0.05) is 23.7 Å². The Balaban J connectivity index is 1.78. The largest absolute Gasteiger partial charge is 0.324 e. The van der Waals surface area contributed by atoms with Crippen LogP contribution in [0.2, 0.25) is 5.02 Å². The first-order valence-corrected chi connectivity index (χ1v) is 7.44. The summed E-state index contributed by atoms with van der Waals surface area (Å²) in [5.41, 5.74) is 0.217. The minimum absolute atomic E-state index is 0.198. The van der Waals surface area contributed by atoms with E-state index in [0.717, 1.165) is 4.90 Å². The van der Waals surface area contributed by atoms with E-state index in [4.69, 9.17) is 11.6 Å². The van der Waals surface area contributed by atoms with E-state index in [1.54, 1.807) is 30.0 Å². The first-order chi connectivity index (χ1) is 9.65. The monoisotopic (exact) mass is 309 g/mol. The Labute approximate surface area is 126 Å². The van der Waals surface area contributed by atoms with E-state index in [1.165, 1.54) is 6.07 Å². The Morgan fingerprint density at radius 1 is 1.15 bits per heavy atom. The molecule has 2 nitrogen and oxygen atoms in total. The predicted molar refractivity (Wildman–Crippen MR) is 81.8 cm³/mol. The summed E-state index contributed by atoms with van der Waals surface area (Å²) in [6.07, 6.45) is 0.321. The lowest BCUT2D eigenvalue weighted by molar-refractivity contribution is -0.115. The fourth-order valence-electron chi connectivity index (χ4n) is 1.57. The maximum atomic E-state index is 13.3. The average molecular weight is 310 g/mol. The number of anilines is 1. The van der Waals surface area contributed by atoms with Gasteiger partial charge in [-0.15, -0.1) is 11.8 Å². The summed E-state index contributed by atoms with van der Waals surface area (Å²) in [6.45, 7) is 0. The van der Waals surface area contributed by atoms with Gasteiger partial charge in [0.2, 0.25) is 5.91 Å². The van der Waals surface area contributed by atoms with E-state index in [9.17, 15) is 9.18 Å². The summed E-state index contributed by atoms with van der Waals surface area (Å²) < 4.78 is 13.3. The summed E-state index contributed by atoms with van der Waals surface area (Å²) in [5.74, 6) is 0.00447. The van der Waals surface area contributed by atoms with Crippen molar-refractivity contribution in [2.75, 3.05) is 11.1 Å². The summed E-state index contributed by atoms with van der Waals surface area (Å²) >= 11 is 7.35. The van der Waals surface area contributed by atoms with Gasteiger partial charge in [-0.3, -0.25) is 4.79 Å². The zero-order valence-electron chi connectivity index (χ0n) is 10.6. The van der Waals surface area contributed by atoms with Gasteiger partial charge in [0.1, 0.15) is 5.82 Å². The number of amides is 1. The molecule has 0 aliphatic heterocycles. The lowest BCUT2D eigenvalue weighted by atomic mass is 10.3. The fourth-order valence-corrected chi connectivity index (χ4v) is 2.55. The van der Waals surface area contributed by atoms with Gasteiger partial charge in [-0.25, -0.2) is 4.39 Å². The van der Waals surface area contributed by atoms with E-state index in [0.29, 0.717) is 17.2 Å². The summed E-state index contributed by atoms with van der Waals surface area (Å²) in [5, 5.41) is 3.24. The van der Waals surface area contributed by atoms with Crippen LogP contribution in [0, 0.1) is 5.82 Å². The molecule has 1 N–H and O–H groups in total. The molecule has 0 heterocycles. The van der Waals surface area contributed by atoms with E-state index in [-0.39, 0.29) is 11.6 Å². The number of carbonyl (C=O) groups excluding carboxylic acids is 1. The molecule has 0 atom stereocenters. The second kappa shape index (κ2) is 7.31. The van der Waals surface area contributed by atoms with Crippen LogP contribution in [0.1, 0.15) is 6.42 Å². The normalized spacial score (nSPS) is 10.3. The van der Waals surface area contributed by atoms with Crippen molar-refractivity contribution in [3.8, 4) is 0 Å². The van der Waals surface area contributed by atoms with Gasteiger partial charge in [-0.05, 0) is 36.4 Å². The third-order valence-corrected chi connectivity index (χ3v) is 3.83. The van der Waals surface area contributed by atoms with Crippen LogP contribution in [0.4, 0.5) is 10.1 Å². The molecule has 0 saturated carbocycles. The highest BCUT2D eigenvalue weighted by atomic mass is 35.5. The van der Waals surface area contributed by atoms with Crippen LogP contribution in [0.3, 0.4) is 0 Å². The van der Waals surface area contributed by atoms with Crippen LogP contribution in [0.5, 0.6) is 0 Å². The Hall–Kier alpha value is -1.52. The first kappa shape index (κ1) is 14.9. The molecule has 0 saturated heterocycles. The molecule has 2 rings (SSSR count). The molecule has 1 amide bonds. The van der Waals surface area contributed by atoms with Crippen molar-refractivity contribution in [2.24, 2.45) is 0 Å². The minimum atomic E-state index is -0.425. The van der Waals surface area contributed by atoms with Crippen molar-refractivity contribution >= 4 is 35.0 Å². The molecule has 0 fully saturated rings. The minimum Gasteiger partial charge on any atom is -0.324 e. The van der Waals surface area contributed by atoms with Crippen molar-refractivity contribution < 1.29 is 9.18 Å². The highest BCUT2D eigenvalue weighted by Gasteiger charge is 2.06. The van der Waals surface area contributed by atoms with Crippen molar-refractivity contribution in [1.29, 1.82) is 0 Å². The number of hydrogen-bond donors (Lipinski definition) is 1. The van der Waals surface area contributed by atoms with Crippen LogP contribution >= 0.6 is 23.4 Å². The maximum Gasteiger partial charge on any atom is 0.225 e. The fraction of sp³-hybridized carbons (Fsp3) is 0.133.